The standard InChI is InChI=1S/C18H15F5N2O2/c19-12-6-5-11(14(20)9-12)8-16(26)25-15(17(24)27)7-10-3-1-2-4-13(10)18(21,22)23/h1-6,9,15H,7-8H2,(H2,24,27)(H,25,26)/t15-/m0/s1. The number of amides is 2. The molecule has 0 saturated carbocycles. The van der Waals surface area contributed by atoms with Gasteiger partial charge in [-0.05, 0) is 23.3 Å². The van der Waals surface area contributed by atoms with E-state index in [0.29, 0.717) is 6.07 Å². The van der Waals surface area contributed by atoms with Gasteiger partial charge in [0.1, 0.15) is 17.7 Å². The molecule has 2 amide bonds. The summed E-state index contributed by atoms with van der Waals surface area (Å²) < 4.78 is 65.6. The Labute approximate surface area is 151 Å². The predicted octanol–water partition coefficient (Wildman–Crippen LogP) is 2.74. The first-order valence-electron chi connectivity index (χ1n) is 7.75. The van der Waals surface area contributed by atoms with Gasteiger partial charge in [0, 0.05) is 12.5 Å². The van der Waals surface area contributed by atoms with Gasteiger partial charge < -0.3 is 11.1 Å². The van der Waals surface area contributed by atoms with Crippen LogP contribution < -0.4 is 11.1 Å². The Balaban J connectivity index is 2.15. The highest BCUT2D eigenvalue weighted by Gasteiger charge is 2.34. The van der Waals surface area contributed by atoms with E-state index in [0.717, 1.165) is 18.2 Å². The minimum Gasteiger partial charge on any atom is -0.368 e. The average Bonchev–Trinajstić information content (AvgIpc) is 2.56. The van der Waals surface area contributed by atoms with Crippen LogP contribution in [0.25, 0.3) is 0 Å². The van der Waals surface area contributed by atoms with Crippen LogP contribution in [0.3, 0.4) is 0 Å². The van der Waals surface area contributed by atoms with Gasteiger partial charge in [-0.15, -0.1) is 0 Å². The summed E-state index contributed by atoms with van der Waals surface area (Å²) in [5.74, 6) is -3.66. The molecule has 27 heavy (non-hydrogen) atoms. The second-order valence-corrected chi connectivity index (χ2v) is 5.79. The number of rotatable bonds is 6. The van der Waals surface area contributed by atoms with Gasteiger partial charge in [-0.25, -0.2) is 8.78 Å². The number of primary amides is 1. The number of benzene rings is 2. The third kappa shape index (κ3) is 5.50. The first-order valence-corrected chi connectivity index (χ1v) is 7.75. The summed E-state index contributed by atoms with van der Waals surface area (Å²) in [6, 6.07) is 5.75. The molecule has 2 rings (SSSR count). The third-order valence-corrected chi connectivity index (χ3v) is 3.79. The monoisotopic (exact) mass is 386 g/mol. The Morgan fingerprint density at radius 3 is 2.30 bits per heavy atom. The molecule has 144 valence electrons. The molecule has 0 saturated heterocycles. The molecule has 0 spiro atoms. The molecular formula is C18H15F5N2O2. The third-order valence-electron chi connectivity index (χ3n) is 3.79. The van der Waals surface area contributed by atoms with Gasteiger partial charge in [0.25, 0.3) is 0 Å². The summed E-state index contributed by atoms with van der Waals surface area (Å²) in [6.45, 7) is 0. The SMILES string of the molecule is NC(=O)[C@H](Cc1ccccc1C(F)(F)F)NC(=O)Cc1ccc(F)cc1F. The number of nitrogens with one attached hydrogen (secondary N) is 1. The van der Waals surface area contributed by atoms with Gasteiger partial charge in [0.05, 0.1) is 12.0 Å². The maximum Gasteiger partial charge on any atom is 0.416 e. The molecule has 0 radical (unpaired) electrons. The molecule has 2 aromatic carbocycles. The largest absolute Gasteiger partial charge is 0.416 e. The zero-order valence-corrected chi connectivity index (χ0v) is 13.8. The van der Waals surface area contributed by atoms with Crippen LogP contribution >= 0.6 is 0 Å². The first kappa shape index (κ1) is 20.3. The van der Waals surface area contributed by atoms with Crippen LogP contribution in [0.4, 0.5) is 22.0 Å². The first-order chi connectivity index (χ1) is 12.6. The minimum atomic E-state index is -4.64. The van der Waals surface area contributed by atoms with Crippen LogP contribution in [0.1, 0.15) is 16.7 Å². The Morgan fingerprint density at radius 2 is 1.70 bits per heavy atom. The molecule has 0 unspecified atom stereocenters. The lowest BCUT2D eigenvalue weighted by Gasteiger charge is -2.19. The topological polar surface area (TPSA) is 72.2 Å². The van der Waals surface area contributed by atoms with E-state index in [9.17, 15) is 31.5 Å². The van der Waals surface area contributed by atoms with Crippen LogP contribution in [-0.2, 0) is 28.6 Å². The molecule has 0 bridgehead atoms. The molecule has 0 aliphatic heterocycles. The van der Waals surface area contributed by atoms with Crippen LogP contribution in [0, 0.1) is 11.6 Å². The molecule has 4 nitrogen and oxygen atoms in total. The zero-order chi connectivity index (χ0) is 20.2. The van der Waals surface area contributed by atoms with Gasteiger partial charge in [-0.1, -0.05) is 24.3 Å². The molecule has 2 aromatic rings. The lowest BCUT2D eigenvalue weighted by atomic mass is 9.99. The molecular weight excluding hydrogens is 371 g/mol. The zero-order valence-electron chi connectivity index (χ0n) is 13.8. The fourth-order valence-electron chi connectivity index (χ4n) is 2.50. The van der Waals surface area contributed by atoms with Crippen molar-refractivity contribution in [1.29, 1.82) is 0 Å². The van der Waals surface area contributed by atoms with E-state index in [-0.39, 0.29) is 11.1 Å². The van der Waals surface area contributed by atoms with Crippen molar-refractivity contribution >= 4 is 11.8 Å². The molecule has 0 aliphatic rings. The highest BCUT2D eigenvalue weighted by atomic mass is 19.4. The van der Waals surface area contributed by atoms with Crippen LogP contribution in [0.5, 0.6) is 0 Å². The number of nitrogens with two attached hydrogens (primary N) is 1. The van der Waals surface area contributed by atoms with Crippen molar-refractivity contribution in [1.82, 2.24) is 5.32 Å². The van der Waals surface area contributed by atoms with E-state index in [4.69, 9.17) is 5.73 Å². The van der Waals surface area contributed by atoms with E-state index >= 15 is 0 Å². The summed E-state index contributed by atoms with van der Waals surface area (Å²) in [7, 11) is 0. The lowest BCUT2D eigenvalue weighted by Crippen LogP contribution is -2.46. The van der Waals surface area contributed by atoms with Crippen molar-refractivity contribution in [3.05, 3.63) is 70.8 Å². The number of hydrogen-bond acceptors (Lipinski definition) is 2. The lowest BCUT2D eigenvalue weighted by molar-refractivity contribution is -0.138. The van der Waals surface area contributed by atoms with Crippen molar-refractivity contribution < 1.29 is 31.5 Å². The Hall–Kier alpha value is -2.97. The van der Waals surface area contributed by atoms with Gasteiger partial charge in [-0.2, -0.15) is 13.2 Å². The van der Waals surface area contributed by atoms with Crippen molar-refractivity contribution in [2.45, 2.75) is 25.1 Å². The van der Waals surface area contributed by atoms with E-state index in [1.54, 1.807) is 0 Å². The summed E-state index contributed by atoms with van der Waals surface area (Å²) in [5, 5.41) is 2.19. The van der Waals surface area contributed by atoms with E-state index in [1.807, 2.05) is 0 Å². The Bertz CT molecular complexity index is 852. The Kier molecular flexibility index (Phi) is 6.14. The number of carbonyl (C=O) groups is 2. The summed E-state index contributed by atoms with van der Waals surface area (Å²) in [6.07, 6.45) is -5.65. The molecule has 3 N–H and O–H groups in total. The molecule has 0 aliphatic carbocycles. The second kappa shape index (κ2) is 8.15. The number of halogens is 5. The predicted molar refractivity (Wildman–Crippen MR) is 86.3 cm³/mol. The second-order valence-electron chi connectivity index (χ2n) is 5.79. The van der Waals surface area contributed by atoms with Crippen LogP contribution in [-0.4, -0.2) is 17.9 Å². The molecule has 9 heteroatoms. The molecule has 1 atom stereocenters. The fourth-order valence-corrected chi connectivity index (χ4v) is 2.50. The Morgan fingerprint density at radius 1 is 1.04 bits per heavy atom. The highest BCUT2D eigenvalue weighted by Crippen LogP contribution is 2.32. The van der Waals surface area contributed by atoms with Crippen LogP contribution in [0.2, 0.25) is 0 Å². The van der Waals surface area contributed by atoms with Crippen molar-refractivity contribution in [2.24, 2.45) is 5.73 Å². The summed E-state index contributed by atoms with van der Waals surface area (Å²) >= 11 is 0. The maximum atomic E-state index is 13.6. The number of carbonyl (C=O) groups excluding carboxylic acids is 2. The summed E-state index contributed by atoms with van der Waals surface area (Å²) in [5.41, 5.74) is 3.88. The smallest absolute Gasteiger partial charge is 0.368 e. The quantitative estimate of drug-likeness (QED) is 0.750. The minimum absolute atomic E-state index is 0.132. The summed E-state index contributed by atoms with van der Waals surface area (Å²) in [4.78, 5) is 23.6. The van der Waals surface area contributed by atoms with E-state index < -0.39 is 54.1 Å². The van der Waals surface area contributed by atoms with Gasteiger partial charge in [0.15, 0.2) is 0 Å². The van der Waals surface area contributed by atoms with E-state index in [2.05, 4.69) is 5.32 Å². The fraction of sp³-hybridized carbons (Fsp3) is 0.222. The van der Waals surface area contributed by atoms with Crippen molar-refractivity contribution in [2.75, 3.05) is 0 Å². The number of hydrogen-bond donors (Lipinski definition) is 2. The van der Waals surface area contributed by atoms with Crippen molar-refractivity contribution in [3.63, 3.8) is 0 Å². The average molecular weight is 386 g/mol. The van der Waals surface area contributed by atoms with Crippen LogP contribution in [0.15, 0.2) is 42.5 Å². The molecule has 0 aromatic heterocycles. The van der Waals surface area contributed by atoms with E-state index in [1.165, 1.54) is 18.2 Å². The van der Waals surface area contributed by atoms with Gasteiger partial charge >= 0.3 is 6.18 Å². The van der Waals surface area contributed by atoms with Gasteiger partial charge in [-0.3, -0.25) is 9.59 Å². The van der Waals surface area contributed by atoms with Crippen molar-refractivity contribution in [3.8, 4) is 0 Å². The normalized spacial score (nSPS) is 12.5. The molecule has 0 heterocycles. The van der Waals surface area contributed by atoms with Gasteiger partial charge in [0.2, 0.25) is 11.8 Å². The maximum absolute atomic E-state index is 13.6. The molecule has 0 fully saturated rings. The number of alkyl halides is 3. The highest BCUT2D eigenvalue weighted by molar-refractivity contribution is 5.87.